The lowest BCUT2D eigenvalue weighted by Gasteiger charge is -2.31. The normalized spacial score (nSPS) is 13.2. The van der Waals surface area contributed by atoms with Crippen LogP contribution in [0.1, 0.15) is 22.3 Å². The molecule has 0 fully saturated rings. The molecule has 41 heavy (non-hydrogen) atoms. The van der Waals surface area contributed by atoms with Crippen molar-refractivity contribution < 1.29 is 4.39 Å². The van der Waals surface area contributed by atoms with Crippen molar-refractivity contribution in [1.29, 1.82) is 0 Å². The molecule has 3 heteroatoms. The summed E-state index contributed by atoms with van der Waals surface area (Å²) in [6.45, 7) is 7.64. The Hall–Kier alpha value is -5.46. The number of hydrogen-bond acceptors (Lipinski definition) is 1. The number of fused-ring (bicyclic) bond motifs is 10. The Morgan fingerprint density at radius 2 is 1.07 bits per heavy atom. The molecule has 2 aliphatic carbocycles. The first kappa shape index (κ1) is 23.4. The number of anilines is 3. The van der Waals surface area contributed by atoms with Crippen LogP contribution in [0.5, 0.6) is 0 Å². The first-order chi connectivity index (χ1) is 20.2. The summed E-state index contributed by atoms with van der Waals surface area (Å²) in [4.78, 5) is 5.77. The van der Waals surface area contributed by atoms with E-state index in [1.165, 1.54) is 39.4 Å². The molecule has 0 unspecified atom stereocenters. The van der Waals surface area contributed by atoms with Crippen LogP contribution in [-0.4, -0.2) is 0 Å². The van der Waals surface area contributed by atoms with Crippen molar-refractivity contribution in [2.45, 2.75) is 5.41 Å². The van der Waals surface area contributed by atoms with E-state index in [0.717, 1.165) is 22.5 Å². The summed E-state index contributed by atoms with van der Waals surface area (Å²) < 4.78 is 14.7. The van der Waals surface area contributed by atoms with Gasteiger partial charge < -0.3 is 4.90 Å². The van der Waals surface area contributed by atoms with Gasteiger partial charge in [0.15, 0.2) is 5.69 Å². The Morgan fingerprint density at radius 3 is 1.73 bits per heavy atom. The van der Waals surface area contributed by atoms with E-state index in [2.05, 4.69) is 101 Å². The molecule has 0 N–H and O–H groups in total. The van der Waals surface area contributed by atoms with Crippen LogP contribution >= 0.6 is 0 Å². The Labute approximate surface area is 238 Å². The van der Waals surface area contributed by atoms with Gasteiger partial charge in [-0.2, -0.15) is 0 Å². The quantitative estimate of drug-likeness (QED) is 0.208. The molecule has 0 aromatic heterocycles. The van der Waals surface area contributed by atoms with Gasteiger partial charge >= 0.3 is 0 Å². The first-order valence-electron chi connectivity index (χ1n) is 13.7. The molecule has 0 saturated heterocycles. The number of nitrogens with zero attached hydrogens (tertiary/aromatic N) is 2. The van der Waals surface area contributed by atoms with E-state index in [0.29, 0.717) is 11.4 Å². The van der Waals surface area contributed by atoms with Gasteiger partial charge in [0, 0.05) is 16.9 Å². The fourth-order valence-electron chi connectivity index (χ4n) is 7.05. The Kier molecular flexibility index (Phi) is 5.01. The minimum atomic E-state index is -0.471. The third-order valence-corrected chi connectivity index (χ3v) is 8.52. The summed E-state index contributed by atoms with van der Waals surface area (Å²) in [6, 6.07) is 46.8. The highest BCUT2D eigenvalue weighted by atomic mass is 19.1. The van der Waals surface area contributed by atoms with Crippen LogP contribution in [0.15, 0.2) is 140 Å². The van der Waals surface area contributed by atoms with E-state index in [4.69, 9.17) is 6.57 Å². The molecule has 0 saturated carbocycles. The van der Waals surface area contributed by atoms with Crippen LogP contribution in [0.4, 0.5) is 27.1 Å². The lowest BCUT2D eigenvalue weighted by Crippen LogP contribution is -2.26. The topological polar surface area (TPSA) is 7.60 Å². The minimum absolute atomic E-state index is 0.308. The van der Waals surface area contributed by atoms with E-state index in [9.17, 15) is 4.39 Å². The molecule has 0 radical (unpaired) electrons. The zero-order valence-corrected chi connectivity index (χ0v) is 22.1. The predicted octanol–water partition coefficient (Wildman–Crippen LogP) is 10.2. The molecule has 6 aromatic carbocycles. The standard InChI is InChI=1S/C38H23FN2/c1-40-26-12-9-14-28(24-26)41(27-13-8-11-25(39)23-27)36-22-10-21-35-37(36)31-17-4-7-20-34(31)38(35)32-18-5-2-15-29(32)30-16-3-6-19-33(30)38/h2-24H. The summed E-state index contributed by atoms with van der Waals surface area (Å²) in [5.41, 5.74) is 12.3. The molecule has 2 nitrogen and oxygen atoms in total. The first-order valence-corrected chi connectivity index (χ1v) is 13.7. The van der Waals surface area contributed by atoms with Crippen LogP contribution in [0.25, 0.3) is 27.1 Å². The van der Waals surface area contributed by atoms with Crippen LogP contribution < -0.4 is 4.90 Å². The maximum Gasteiger partial charge on any atom is 0.189 e. The molecule has 8 rings (SSSR count). The monoisotopic (exact) mass is 526 g/mol. The molecular weight excluding hydrogens is 503 g/mol. The van der Waals surface area contributed by atoms with Crippen molar-refractivity contribution >= 4 is 22.7 Å². The Bertz CT molecular complexity index is 2010. The summed E-state index contributed by atoms with van der Waals surface area (Å²) in [6.07, 6.45) is 0. The van der Waals surface area contributed by atoms with Gasteiger partial charge in [0.25, 0.3) is 0 Å². The molecule has 0 atom stereocenters. The average Bonchev–Trinajstić information content (AvgIpc) is 3.49. The molecule has 0 amide bonds. The third-order valence-electron chi connectivity index (χ3n) is 8.52. The van der Waals surface area contributed by atoms with Gasteiger partial charge in [0.05, 0.1) is 17.7 Å². The molecule has 6 aromatic rings. The lowest BCUT2D eigenvalue weighted by atomic mass is 9.70. The van der Waals surface area contributed by atoms with Crippen LogP contribution in [0, 0.1) is 12.4 Å². The van der Waals surface area contributed by atoms with Gasteiger partial charge in [-0.15, -0.1) is 0 Å². The lowest BCUT2D eigenvalue weighted by molar-refractivity contribution is 0.628. The number of hydrogen-bond donors (Lipinski definition) is 0. The molecule has 0 bridgehead atoms. The maximum atomic E-state index is 14.7. The fourth-order valence-corrected chi connectivity index (χ4v) is 7.05. The molecule has 192 valence electrons. The summed E-state index contributed by atoms with van der Waals surface area (Å²) in [5, 5.41) is 0. The van der Waals surface area contributed by atoms with Gasteiger partial charge in [-0.25, -0.2) is 9.24 Å². The fraction of sp³-hybridized carbons (Fsp3) is 0.0263. The van der Waals surface area contributed by atoms with E-state index in [-0.39, 0.29) is 5.82 Å². The molecule has 0 aliphatic heterocycles. The second kappa shape index (κ2) is 8.78. The molecule has 0 heterocycles. The highest BCUT2D eigenvalue weighted by Crippen LogP contribution is 2.64. The minimum Gasteiger partial charge on any atom is -0.311 e. The molecule has 2 aliphatic rings. The van der Waals surface area contributed by atoms with Crippen molar-refractivity contribution in [2.75, 3.05) is 4.90 Å². The van der Waals surface area contributed by atoms with Crippen molar-refractivity contribution in [3.05, 3.63) is 179 Å². The van der Waals surface area contributed by atoms with Crippen molar-refractivity contribution in [1.82, 2.24) is 0 Å². The van der Waals surface area contributed by atoms with Gasteiger partial charge in [-0.3, -0.25) is 0 Å². The highest BCUT2D eigenvalue weighted by Gasteiger charge is 2.52. The Morgan fingerprint density at radius 1 is 0.537 bits per heavy atom. The highest BCUT2D eigenvalue weighted by molar-refractivity contribution is 6.01. The number of rotatable bonds is 3. The van der Waals surface area contributed by atoms with Crippen molar-refractivity contribution in [3.8, 4) is 22.3 Å². The molecular formula is C38H23FN2. The van der Waals surface area contributed by atoms with Crippen LogP contribution in [-0.2, 0) is 5.41 Å². The number of benzene rings is 6. The predicted molar refractivity (Wildman–Crippen MR) is 164 cm³/mol. The van der Waals surface area contributed by atoms with Crippen LogP contribution in [0.3, 0.4) is 0 Å². The van der Waals surface area contributed by atoms with Crippen molar-refractivity contribution in [2.24, 2.45) is 0 Å². The van der Waals surface area contributed by atoms with Gasteiger partial charge in [0.1, 0.15) is 5.82 Å². The maximum absolute atomic E-state index is 14.7. The van der Waals surface area contributed by atoms with Gasteiger partial charge in [-0.05, 0) is 75.3 Å². The zero-order chi connectivity index (χ0) is 27.6. The number of halogens is 1. The SMILES string of the molecule is [C-]#[N+]c1cccc(N(c2cccc(F)c2)c2cccc3c2-c2ccccc2C32c3ccccc3-c3ccccc32)c1. The molecule has 1 spiro atoms. The summed E-state index contributed by atoms with van der Waals surface area (Å²) in [7, 11) is 0. The largest absolute Gasteiger partial charge is 0.311 e. The average molecular weight is 527 g/mol. The van der Waals surface area contributed by atoms with E-state index in [1.54, 1.807) is 18.2 Å². The second-order valence-electron chi connectivity index (χ2n) is 10.5. The van der Waals surface area contributed by atoms with E-state index in [1.807, 2.05) is 24.3 Å². The summed E-state index contributed by atoms with van der Waals surface area (Å²) >= 11 is 0. The van der Waals surface area contributed by atoms with Crippen LogP contribution in [0.2, 0.25) is 0 Å². The summed E-state index contributed by atoms with van der Waals surface area (Å²) in [5.74, 6) is -0.308. The third kappa shape index (κ3) is 3.16. The van der Waals surface area contributed by atoms with Gasteiger partial charge in [0.2, 0.25) is 0 Å². The van der Waals surface area contributed by atoms with E-state index >= 15 is 0 Å². The zero-order valence-electron chi connectivity index (χ0n) is 22.1. The van der Waals surface area contributed by atoms with E-state index < -0.39 is 5.41 Å². The van der Waals surface area contributed by atoms with Crippen molar-refractivity contribution in [3.63, 3.8) is 0 Å². The second-order valence-corrected chi connectivity index (χ2v) is 10.5. The van der Waals surface area contributed by atoms with Gasteiger partial charge in [-0.1, -0.05) is 103 Å². The smallest absolute Gasteiger partial charge is 0.189 e. The Balaban J connectivity index is 1.49.